The first-order valence-corrected chi connectivity index (χ1v) is 9.99. The highest BCUT2D eigenvalue weighted by Crippen LogP contribution is 2.21. The van der Waals surface area contributed by atoms with E-state index < -0.39 is 17.7 Å². The number of amides is 3. The first-order chi connectivity index (χ1) is 15.5. The summed E-state index contributed by atoms with van der Waals surface area (Å²) in [7, 11) is 0. The number of aromatic nitrogens is 3. The van der Waals surface area contributed by atoms with Gasteiger partial charge in [-0.3, -0.25) is 19.3 Å². The number of imide groups is 1. The summed E-state index contributed by atoms with van der Waals surface area (Å²) in [5.41, 5.74) is 1.72. The molecule has 4 rings (SSSR count). The summed E-state index contributed by atoms with van der Waals surface area (Å²) in [5.74, 6) is 0.498. The molecule has 0 unspecified atom stereocenters. The first-order valence-electron chi connectivity index (χ1n) is 9.99. The molecule has 10 heteroatoms. The van der Waals surface area contributed by atoms with Gasteiger partial charge in [0, 0.05) is 25.4 Å². The van der Waals surface area contributed by atoms with Gasteiger partial charge in [-0.05, 0) is 36.8 Å². The summed E-state index contributed by atoms with van der Waals surface area (Å²) in [5, 5.41) is 8.89. The summed E-state index contributed by atoms with van der Waals surface area (Å²) in [6.45, 7) is 2.33. The van der Waals surface area contributed by atoms with Gasteiger partial charge in [-0.1, -0.05) is 12.1 Å². The van der Waals surface area contributed by atoms with Crippen LogP contribution in [0.3, 0.4) is 0 Å². The summed E-state index contributed by atoms with van der Waals surface area (Å²) >= 11 is 0. The average Bonchev–Trinajstić information content (AvgIpc) is 3.02. The topological polar surface area (TPSA) is 129 Å². The number of hydrogen-bond acceptors (Lipinski definition) is 8. The number of nitrogens with one attached hydrogen (secondary N) is 3. The van der Waals surface area contributed by atoms with Crippen molar-refractivity contribution in [2.24, 2.45) is 0 Å². The minimum absolute atomic E-state index is 0.286. The second-order valence-electron chi connectivity index (χ2n) is 7.15. The number of anilines is 3. The van der Waals surface area contributed by atoms with E-state index in [1.54, 1.807) is 36.5 Å². The molecule has 10 nitrogen and oxygen atoms in total. The van der Waals surface area contributed by atoms with E-state index >= 15 is 0 Å². The maximum Gasteiger partial charge on any atom is 0.262 e. The molecule has 3 amide bonds. The minimum atomic E-state index is -0.456. The fourth-order valence-electron chi connectivity index (χ4n) is 3.23. The molecule has 0 spiro atoms. The van der Waals surface area contributed by atoms with Crippen molar-refractivity contribution in [2.45, 2.75) is 6.92 Å². The van der Waals surface area contributed by atoms with Crippen molar-refractivity contribution < 1.29 is 14.4 Å². The molecule has 0 atom stereocenters. The van der Waals surface area contributed by atoms with Crippen LogP contribution in [0.25, 0.3) is 0 Å². The molecular weight excluding hydrogens is 410 g/mol. The molecule has 32 heavy (non-hydrogen) atoms. The van der Waals surface area contributed by atoms with E-state index in [0.717, 1.165) is 10.5 Å². The van der Waals surface area contributed by atoms with Crippen LogP contribution in [0.2, 0.25) is 0 Å². The molecule has 0 radical (unpaired) electrons. The molecule has 1 aliphatic rings. The van der Waals surface area contributed by atoms with Crippen molar-refractivity contribution in [2.75, 3.05) is 30.3 Å². The largest absolute Gasteiger partial charge is 0.368 e. The predicted octanol–water partition coefficient (Wildman–Crippen LogP) is 1.75. The maximum atomic E-state index is 12.3. The number of pyridine rings is 1. The number of aryl methyl sites for hydroxylation is 1. The Morgan fingerprint density at radius 1 is 0.906 bits per heavy atom. The van der Waals surface area contributed by atoms with Crippen molar-refractivity contribution in [3.05, 3.63) is 71.7 Å². The second kappa shape index (κ2) is 9.21. The van der Waals surface area contributed by atoms with Gasteiger partial charge in [0.1, 0.15) is 30.3 Å². The third-order valence-corrected chi connectivity index (χ3v) is 4.77. The second-order valence-corrected chi connectivity index (χ2v) is 7.15. The monoisotopic (exact) mass is 431 g/mol. The number of benzene rings is 1. The van der Waals surface area contributed by atoms with Gasteiger partial charge >= 0.3 is 0 Å². The van der Waals surface area contributed by atoms with Crippen LogP contribution in [-0.2, 0) is 4.79 Å². The Hall–Kier alpha value is -4.34. The van der Waals surface area contributed by atoms with Gasteiger partial charge in [0.15, 0.2) is 0 Å². The fourth-order valence-corrected chi connectivity index (χ4v) is 3.23. The lowest BCUT2D eigenvalue weighted by atomic mass is 10.1. The highest BCUT2D eigenvalue weighted by Gasteiger charge is 2.36. The Bertz CT molecular complexity index is 1150. The van der Waals surface area contributed by atoms with E-state index in [9.17, 15) is 14.4 Å². The Morgan fingerprint density at radius 2 is 1.59 bits per heavy atom. The average molecular weight is 431 g/mol. The summed E-state index contributed by atoms with van der Waals surface area (Å²) in [4.78, 5) is 50.4. The number of carbonyl (C=O) groups is 3. The van der Waals surface area contributed by atoms with Crippen LogP contribution in [0.15, 0.2) is 55.0 Å². The first kappa shape index (κ1) is 20.9. The minimum Gasteiger partial charge on any atom is -0.368 e. The van der Waals surface area contributed by atoms with Gasteiger partial charge in [-0.25, -0.2) is 15.0 Å². The van der Waals surface area contributed by atoms with Gasteiger partial charge in [0.2, 0.25) is 5.91 Å². The number of nitrogens with zero attached hydrogens (tertiary/aromatic N) is 4. The van der Waals surface area contributed by atoms with Crippen LogP contribution in [0.4, 0.5) is 17.5 Å². The normalized spacial score (nSPS) is 12.5. The molecule has 162 valence electrons. The summed E-state index contributed by atoms with van der Waals surface area (Å²) in [6, 6.07) is 12.1. The van der Waals surface area contributed by atoms with Gasteiger partial charge in [0.05, 0.1) is 11.1 Å². The molecular formula is C22H21N7O3. The molecule has 3 heterocycles. The molecule has 1 aromatic carbocycles. The van der Waals surface area contributed by atoms with Gasteiger partial charge in [-0.2, -0.15) is 0 Å². The Balaban J connectivity index is 1.24. The van der Waals surface area contributed by atoms with Crippen LogP contribution >= 0.6 is 0 Å². The number of rotatable bonds is 8. The lowest BCUT2D eigenvalue weighted by molar-refractivity contribution is -0.121. The molecule has 3 N–H and O–H groups in total. The van der Waals surface area contributed by atoms with Crippen LogP contribution in [0.5, 0.6) is 0 Å². The zero-order chi connectivity index (χ0) is 22.5. The van der Waals surface area contributed by atoms with Crippen molar-refractivity contribution in [3.8, 4) is 0 Å². The fraction of sp³-hybridized carbons (Fsp3) is 0.182. The standard InChI is InChI=1S/C22H21N7O3/c1-14-6-7-23-18(10-14)28-19-11-17(26-13-27-19)24-8-9-25-20(30)12-29-21(31)15-4-2-3-5-16(15)22(29)32/h2-7,10-11,13H,8-9,12H2,1H3,(H,25,30)(H2,23,24,26,27,28). The molecule has 0 saturated heterocycles. The maximum absolute atomic E-state index is 12.3. The number of carbonyl (C=O) groups excluding carboxylic acids is 3. The molecule has 0 aliphatic carbocycles. The van der Waals surface area contributed by atoms with Crippen LogP contribution < -0.4 is 16.0 Å². The van der Waals surface area contributed by atoms with Gasteiger partial charge < -0.3 is 16.0 Å². The SMILES string of the molecule is Cc1ccnc(Nc2cc(NCCNC(=O)CN3C(=O)c4ccccc4C3=O)ncn2)c1. The third kappa shape index (κ3) is 4.69. The summed E-state index contributed by atoms with van der Waals surface area (Å²) in [6.07, 6.45) is 3.13. The van der Waals surface area contributed by atoms with Gasteiger partial charge in [0.25, 0.3) is 11.8 Å². The van der Waals surface area contributed by atoms with E-state index in [-0.39, 0.29) is 13.1 Å². The Morgan fingerprint density at radius 3 is 2.31 bits per heavy atom. The van der Waals surface area contributed by atoms with Crippen molar-refractivity contribution >= 4 is 35.2 Å². The van der Waals surface area contributed by atoms with Crippen molar-refractivity contribution in [3.63, 3.8) is 0 Å². The highest BCUT2D eigenvalue weighted by atomic mass is 16.2. The zero-order valence-corrected chi connectivity index (χ0v) is 17.3. The van der Waals surface area contributed by atoms with Crippen LogP contribution in [0.1, 0.15) is 26.3 Å². The Labute approximate surface area is 184 Å². The van der Waals surface area contributed by atoms with Gasteiger partial charge in [-0.15, -0.1) is 0 Å². The quantitative estimate of drug-likeness (QED) is 0.363. The molecule has 2 aromatic heterocycles. The Kier molecular flexibility index (Phi) is 6.02. The van der Waals surface area contributed by atoms with E-state index in [1.807, 2.05) is 19.1 Å². The van der Waals surface area contributed by atoms with E-state index in [2.05, 4.69) is 30.9 Å². The van der Waals surface area contributed by atoms with Crippen molar-refractivity contribution in [1.29, 1.82) is 0 Å². The molecule has 1 aliphatic heterocycles. The van der Waals surface area contributed by atoms with E-state index in [1.165, 1.54) is 6.33 Å². The molecule has 3 aromatic rings. The number of hydrogen-bond donors (Lipinski definition) is 3. The third-order valence-electron chi connectivity index (χ3n) is 4.77. The molecule has 0 bridgehead atoms. The predicted molar refractivity (Wildman–Crippen MR) is 118 cm³/mol. The highest BCUT2D eigenvalue weighted by molar-refractivity contribution is 6.22. The van der Waals surface area contributed by atoms with Crippen molar-refractivity contribution in [1.82, 2.24) is 25.2 Å². The summed E-state index contributed by atoms with van der Waals surface area (Å²) < 4.78 is 0. The van der Waals surface area contributed by atoms with E-state index in [4.69, 9.17) is 0 Å². The van der Waals surface area contributed by atoms with E-state index in [0.29, 0.717) is 35.1 Å². The lowest BCUT2D eigenvalue weighted by Crippen LogP contribution is -2.41. The molecule has 0 fully saturated rings. The zero-order valence-electron chi connectivity index (χ0n) is 17.3. The van der Waals surface area contributed by atoms with Crippen LogP contribution in [-0.4, -0.2) is 57.2 Å². The molecule has 0 saturated carbocycles. The smallest absolute Gasteiger partial charge is 0.262 e. The van der Waals surface area contributed by atoms with Crippen LogP contribution in [0, 0.1) is 6.92 Å². The number of fused-ring (bicyclic) bond motifs is 1. The lowest BCUT2D eigenvalue weighted by Gasteiger charge is -2.14.